The van der Waals surface area contributed by atoms with Gasteiger partial charge in [0.15, 0.2) is 0 Å². The summed E-state index contributed by atoms with van der Waals surface area (Å²) in [6.45, 7) is 0. The second-order valence-electron chi connectivity index (χ2n) is 3.80. The Balaban J connectivity index is 1.77. The van der Waals surface area contributed by atoms with E-state index < -0.39 is 4.92 Å². The van der Waals surface area contributed by atoms with Crippen molar-refractivity contribution >= 4 is 17.4 Å². The normalized spacial score (nSPS) is 10.5. The molecule has 3 rings (SSSR count). The molecule has 104 valence electrons. The Hall–Kier alpha value is -2.81. The molecule has 0 bridgehead atoms. The first kappa shape index (κ1) is 13.2. The molecule has 0 radical (unpaired) electrons. The average molecular weight is 301 g/mol. The van der Waals surface area contributed by atoms with E-state index in [0.717, 1.165) is 11.8 Å². The van der Waals surface area contributed by atoms with E-state index in [2.05, 4.69) is 20.2 Å². The molecule has 3 aromatic heterocycles. The second-order valence-corrected chi connectivity index (χ2v) is 4.77. The van der Waals surface area contributed by atoms with Crippen molar-refractivity contribution in [2.75, 3.05) is 0 Å². The van der Waals surface area contributed by atoms with Crippen molar-refractivity contribution in [3.63, 3.8) is 0 Å². The van der Waals surface area contributed by atoms with Crippen LogP contribution in [0.25, 0.3) is 11.6 Å². The standard InChI is InChI=1S/C12H7N5O3S/c18-17(19)8-4-5-10(14-7-8)21-12-16-15-11(20-12)9-3-1-2-6-13-9/h1-7H. The molecule has 3 heterocycles. The van der Waals surface area contributed by atoms with E-state index in [-0.39, 0.29) is 10.9 Å². The van der Waals surface area contributed by atoms with Crippen molar-refractivity contribution < 1.29 is 9.34 Å². The zero-order chi connectivity index (χ0) is 14.7. The Kier molecular flexibility index (Phi) is 3.56. The highest BCUT2D eigenvalue weighted by Crippen LogP contribution is 2.27. The van der Waals surface area contributed by atoms with Crippen molar-refractivity contribution in [2.45, 2.75) is 10.2 Å². The summed E-state index contributed by atoms with van der Waals surface area (Å²) in [6, 6.07) is 8.25. The summed E-state index contributed by atoms with van der Waals surface area (Å²) in [5.41, 5.74) is 0.507. The lowest BCUT2D eigenvalue weighted by Gasteiger charge is -1.95. The van der Waals surface area contributed by atoms with Crippen LogP contribution < -0.4 is 0 Å². The number of rotatable bonds is 4. The van der Waals surface area contributed by atoms with Gasteiger partial charge in [-0.15, -0.1) is 10.2 Å². The van der Waals surface area contributed by atoms with Crippen LogP contribution in [0.15, 0.2) is 57.4 Å². The lowest BCUT2D eigenvalue weighted by Crippen LogP contribution is -1.89. The van der Waals surface area contributed by atoms with Gasteiger partial charge >= 0.3 is 0 Å². The Labute approximate surface area is 122 Å². The highest BCUT2D eigenvalue weighted by atomic mass is 32.2. The molecule has 0 amide bonds. The monoisotopic (exact) mass is 301 g/mol. The Morgan fingerprint density at radius 2 is 2.05 bits per heavy atom. The first-order valence-corrected chi connectivity index (χ1v) is 6.57. The molecule has 3 aromatic rings. The first-order valence-electron chi connectivity index (χ1n) is 5.75. The highest BCUT2D eigenvalue weighted by molar-refractivity contribution is 7.99. The van der Waals surface area contributed by atoms with Gasteiger partial charge in [-0.3, -0.25) is 15.1 Å². The predicted molar refractivity (Wildman–Crippen MR) is 72.5 cm³/mol. The molecule has 0 aliphatic rings. The third-order valence-electron chi connectivity index (χ3n) is 2.41. The number of pyridine rings is 2. The van der Waals surface area contributed by atoms with E-state index in [9.17, 15) is 10.1 Å². The molecule has 0 N–H and O–H groups in total. The summed E-state index contributed by atoms with van der Waals surface area (Å²) in [5, 5.41) is 19.1. The number of nitro groups is 1. The van der Waals surface area contributed by atoms with Crippen LogP contribution in [0.2, 0.25) is 0 Å². The molecular weight excluding hydrogens is 294 g/mol. The number of hydrogen-bond donors (Lipinski definition) is 0. The van der Waals surface area contributed by atoms with Crippen molar-refractivity contribution in [2.24, 2.45) is 0 Å². The van der Waals surface area contributed by atoms with E-state index in [0.29, 0.717) is 16.6 Å². The van der Waals surface area contributed by atoms with Gasteiger partial charge in [0.2, 0.25) is 0 Å². The first-order chi connectivity index (χ1) is 10.2. The van der Waals surface area contributed by atoms with Crippen LogP contribution in [-0.2, 0) is 0 Å². The van der Waals surface area contributed by atoms with Crippen LogP contribution in [0.4, 0.5) is 5.69 Å². The van der Waals surface area contributed by atoms with Gasteiger partial charge in [0.25, 0.3) is 16.8 Å². The molecule has 0 aromatic carbocycles. The maximum atomic E-state index is 10.5. The summed E-state index contributed by atoms with van der Waals surface area (Å²) in [5.74, 6) is 0.306. The summed E-state index contributed by atoms with van der Waals surface area (Å²) < 4.78 is 5.46. The Morgan fingerprint density at radius 1 is 1.14 bits per heavy atom. The molecule has 8 nitrogen and oxygen atoms in total. The molecular formula is C12H7N5O3S. The fourth-order valence-electron chi connectivity index (χ4n) is 1.47. The van der Waals surface area contributed by atoms with Gasteiger partial charge in [-0.2, -0.15) is 0 Å². The SMILES string of the molecule is O=[N+]([O-])c1ccc(Sc2nnc(-c3ccccn3)o2)nc1. The maximum Gasteiger partial charge on any atom is 0.287 e. The molecule has 0 unspecified atom stereocenters. The van der Waals surface area contributed by atoms with Crippen LogP contribution >= 0.6 is 11.8 Å². The van der Waals surface area contributed by atoms with E-state index in [1.807, 2.05) is 6.07 Å². The molecule has 0 atom stereocenters. The van der Waals surface area contributed by atoms with Gasteiger partial charge in [-0.1, -0.05) is 6.07 Å². The Bertz CT molecular complexity index is 760. The minimum Gasteiger partial charge on any atom is -0.409 e. The van der Waals surface area contributed by atoms with E-state index in [4.69, 9.17) is 4.42 Å². The van der Waals surface area contributed by atoms with Gasteiger partial charge in [0.1, 0.15) is 16.9 Å². The summed E-state index contributed by atoms with van der Waals surface area (Å²) in [4.78, 5) is 18.1. The lowest BCUT2D eigenvalue weighted by molar-refractivity contribution is -0.385. The van der Waals surface area contributed by atoms with Gasteiger partial charge in [0.05, 0.1) is 4.92 Å². The molecule has 0 aliphatic heterocycles. The fraction of sp³-hybridized carbons (Fsp3) is 0. The second kappa shape index (κ2) is 5.67. The van der Waals surface area contributed by atoms with Crippen LogP contribution in [-0.4, -0.2) is 25.1 Å². The van der Waals surface area contributed by atoms with Gasteiger partial charge in [-0.25, -0.2) is 4.98 Å². The molecule has 0 fully saturated rings. The molecule has 21 heavy (non-hydrogen) atoms. The maximum absolute atomic E-state index is 10.5. The van der Waals surface area contributed by atoms with Gasteiger partial charge in [0, 0.05) is 12.3 Å². The van der Waals surface area contributed by atoms with Crippen LogP contribution in [0.1, 0.15) is 0 Å². The van der Waals surface area contributed by atoms with E-state index >= 15 is 0 Å². The Morgan fingerprint density at radius 3 is 2.71 bits per heavy atom. The third kappa shape index (κ3) is 3.03. The van der Waals surface area contributed by atoms with Crippen molar-refractivity contribution in [3.05, 3.63) is 52.8 Å². The minimum absolute atomic E-state index is 0.0703. The van der Waals surface area contributed by atoms with Gasteiger partial charge in [-0.05, 0) is 30.0 Å². The van der Waals surface area contributed by atoms with Crippen molar-refractivity contribution in [1.82, 2.24) is 20.2 Å². The van der Waals surface area contributed by atoms with Crippen LogP contribution in [0.5, 0.6) is 0 Å². The smallest absolute Gasteiger partial charge is 0.287 e. The van der Waals surface area contributed by atoms with Crippen molar-refractivity contribution in [1.29, 1.82) is 0 Å². The molecule has 0 saturated heterocycles. The molecule has 9 heteroatoms. The zero-order valence-electron chi connectivity index (χ0n) is 10.4. The quantitative estimate of drug-likeness (QED) is 0.534. The number of hydrogen-bond acceptors (Lipinski definition) is 8. The average Bonchev–Trinajstić information content (AvgIpc) is 2.97. The van der Waals surface area contributed by atoms with Crippen LogP contribution in [0, 0.1) is 10.1 Å². The summed E-state index contributed by atoms with van der Waals surface area (Å²) >= 11 is 1.12. The largest absolute Gasteiger partial charge is 0.409 e. The predicted octanol–water partition coefficient (Wildman–Crippen LogP) is 2.59. The topological polar surface area (TPSA) is 108 Å². The van der Waals surface area contributed by atoms with Crippen molar-refractivity contribution in [3.8, 4) is 11.6 Å². The molecule has 0 saturated carbocycles. The number of aromatic nitrogens is 4. The lowest BCUT2D eigenvalue weighted by atomic mass is 10.3. The van der Waals surface area contributed by atoms with Crippen LogP contribution in [0.3, 0.4) is 0 Å². The highest BCUT2D eigenvalue weighted by Gasteiger charge is 2.12. The summed E-state index contributed by atoms with van der Waals surface area (Å²) in [6.07, 6.45) is 2.81. The third-order valence-corrected chi connectivity index (χ3v) is 3.20. The molecule has 0 spiro atoms. The number of nitrogens with zero attached hydrogens (tertiary/aromatic N) is 5. The zero-order valence-corrected chi connectivity index (χ0v) is 11.2. The fourth-order valence-corrected chi connectivity index (χ4v) is 2.10. The molecule has 0 aliphatic carbocycles. The minimum atomic E-state index is -0.507. The van der Waals surface area contributed by atoms with Gasteiger partial charge < -0.3 is 4.42 Å². The van der Waals surface area contributed by atoms with E-state index in [1.165, 1.54) is 18.3 Å². The van der Waals surface area contributed by atoms with E-state index in [1.54, 1.807) is 18.3 Å². The summed E-state index contributed by atoms with van der Waals surface area (Å²) in [7, 11) is 0.